The Kier molecular flexibility index (Phi) is 6.84. The van der Waals surface area contributed by atoms with Crippen molar-refractivity contribution in [1.82, 2.24) is 4.90 Å². The van der Waals surface area contributed by atoms with E-state index in [0.717, 1.165) is 11.1 Å². The fraction of sp³-hybridized carbons (Fsp3) is 0.318. The summed E-state index contributed by atoms with van der Waals surface area (Å²) in [7, 11) is 3.42. The number of benzene rings is 2. The molecule has 0 saturated heterocycles. The Balaban J connectivity index is 2.06. The van der Waals surface area contributed by atoms with Crippen LogP contribution in [0.15, 0.2) is 42.5 Å². The molecule has 0 saturated carbocycles. The molecule has 0 fully saturated rings. The lowest BCUT2D eigenvalue weighted by atomic mass is 10.1. The Morgan fingerprint density at radius 2 is 1.88 bits per heavy atom. The maximum atomic E-state index is 12.4. The standard InChI is InChI=1S/C22H27NO3/c1-6-26-20-11-8-18(14-21(20)25-5)9-12-22(24)23(4)15-19-10-7-16(2)13-17(19)3/h7-14H,6,15H2,1-5H3/b12-9+. The summed E-state index contributed by atoms with van der Waals surface area (Å²) < 4.78 is 10.8. The molecule has 0 radical (unpaired) electrons. The van der Waals surface area contributed by atoms with Gasteiger partial charge in [0.25, 0.3) is 0 Å². The average molecular weight is 353 g/mol. The van der Waals surface area contributed by atoms with Crippen molar-refractivity contribution in [1.29, 1.82) is 0 Å². The number of nitrogens with zero attached hydrogens (tertiary/aromatic N) is 1. The number of hydrogen-bond acceptors (Lipinski definition) is 3. The Hall–Kier alpha value is -2.75. The Labute approximate surface area is 156 Å². The third kappa shape index (κ3) is 5.12. The van der Waals surface area contributed by atoms with Gasteiger partial charge in [0.2, 0.25) is 5.91 Å². The summed E-state index contributed by atoms with van der Waals surface area (Å²) in [6, 6.07) is 11.9. The minimum absolute atomic E-state index is 0.0437. The van der Waals surface area contributed by atoms with E-state index in [1.54, 1.807) is 24.2 Å². The first-order valence-corrected chi connectivity index (χ1v) is 8.74. The van der Waals surface area contributed by atoms with Crippen molar-refractivity contribution in [3.05, 3.63) is 64.7 Å². The highest BCUT2D eigenvalue weighted by Gasteiger charge is 2.08. The molecule has 2 aromatic rings. The second kappa shape index (κ2) is 9.09. The summed E-state index contributed by atoms with van der Waals surface area (Å²) in [5.41, 5.74) is 4.47. The maximum Gasteiger partial charge on any atom is 0.246 e. The first-order chi connectivity index (χ1) is 12.4. The van der Waals surface area contributed by atoms with Crippen LogP contribution in [0, 0.1) is 13.8 Å². The van der Waals surface area contributed by atoms with Crippen LogP contribution in [0.25, 0.3) is 6.08 Å². The zero-order valence-electron chi connectivity index (χ0n) is 16.2. The third-order valence-corrected chi connectivity index (χ3v) is 4.19. The van der Waals surface area contributed by atoms with Gasteiger partial charge in [0.15, 0.2) is 11.5 Å². The second-order valence-electron chi connectivity index (χ2n) is 6.30. The predicted molar refractivity (Wildman–Crippen MR) is 106 cm³/mol. The molecule has 4 heteroatoms. The lowest BCUT2D eigenvalue weighted by Gasteiger charge is -2.17. The molecule has 0 aromatic heterocycles. The number of carbonyl (C=O) groups excluding carboxylic acids is 1. The number of aryl methyl sites for hydroxylation is 2. The van der Waals surface area contributed by atoms with Gasteiger partial charge in [0, 0.05) is 19.7 Å². The number of methoxy groups -OCH3 is 1. The van der Waals surface area contributed by atoms with Gasteiger partial charge in [0.05, 0.1) is 13.7 Å². The molecule has 2 rings (SSSR count). The van der Waals surface area contributed by atoms with Crippen molar-refractivity contribution >= 4 is 12.0 Å². The van der Waals surface area contributed by atoms with Gasteiger partial charge in [-0.25, -0.2) is 0 Å². The average Bonchev–Trinajstić information content (AvgIpc) is 2.63. The topological polar surface area (TPSA) is 38.8 Å². The number of carbonyl (C=O) groups is 1. The van der Waals surface area contributed by atoms with Crippen LogP contribution in [0.5, 0.6) is 11.5 Å². The fourth-order valence-electron chi connectivity index (χ4n) is 2.71. The monoisotopic (exact) mass is 353 g/mol. The number of hydrogen-bond donors (Lipinski definition) is 0. The van der Waals surface area contributed by atoms with Crippen LogP contribution in [0.3, 0.4) is 0 Å². The SMILES string of the molecule is CCOc1ccc(/C=C/C(=O)N(C)Cc2ccc(C)cc2C)cc1OC. The van der Waals surface area contributed by atoms with Crippen molar-refractivity contribution < 1.29 is 14.3 Å². The number of likely N-dealkylation sites (N-methyl/N-ethyl adjacent to an activating group) is 1. The van der Waals surface area contributed by atoms with Crippen molar-refractivity contribution in [3.63, 3.8) is 0 Å². The van der Waals surface area contributed by atoms with Crippen LogP contribution in [-0.2, 0) is 11.3 Å². The minimum Gasteiger partial charge on any atom is -0.493 e. The zero-order valence-corrected chi connectivity index (χ0v) is 16.2. The highest BCUT2D eigenvalue weighted by atomic mass is 16.5. The molecule has 0 aliphatic heterocycles. The molecule has 0 spiro atoms. The first kappa shape index (κ1) is 19.6. The van der Waals surface area contributed by atoms with E-state index in [2.05, 4.69) is 32.0 Å². The van der Waals surface area contributed by atoms with Crippen molar-refractivity contribution in [2.45, 2.75) is 27.3 Å². The van der Waals surface area contributed by atoms with Crippen LogP contribution < -0.4 is 9.47 Å². The van der Waals surface area contributed by atoms with Gasteiger partial charge in [0.1, 0.15) is 0 Å². The molecule has 0 atom stereocenters. The molecule has 4 nitrogen and oxygen atoms in total. The van der Waals surface area contributed by atoms with E-state index < -0.39 is 0 Å². The van der Waals surface area contributed by atoms with E-state index in [1.807, 2.05) is 32.2 Å². The summed E-state index contributed by atoms with van der Waals surface area (Å²) in [5.74, 6) is 1.31. The third-order valence-electron chi connectivity index (χ3n) is 4.19. The first-order valence-electron chi connectivity index (χ1n) is 8.74. The molecule has 26 heavy (non-hydrogen) atoms. The van der Waals surface area contributed by atoms with Crippen LogP contribution in [-0.4, -0.2) is 31.6 Å². The number of ether oxygens (including phenoxy) is 2. The highest BCUT2D eigenvalue weighted by molar-refractivity contribution is 5.91. The van der Waals surface area contributed by atoms with Crippen LogP contribution in [0.2, 0.25) is 0 Å². The van der Waals surface area contributed by atoms with Crippen LogP contribution in [0.4, 0.5) is 0 Å². The van der Waals surface area contributed by atoms with Crippen LogP contribution in [0.1, 0.15) is 29.2 Å². The van der Waals surface area contributed by atoms with Crippen LogP contribution >= 0.6 is 0 Å². The second-order valence-corrected chi connectivity index (χ2v) is 6.30. The molecule has 138 valence electrons. The molecular weight excluding hydrogens is 326 g/mol. The van der Waals surface area contributed by atoms with Gasteiger partial charge in [-0.1, -0.05) is 29.8 Å². The molecule has 0 unspecified atom stereocenters. The number of rotatable bonds is 7. The van der Waals surface area contributed by atoms with E-state index in [0.29, 0.717) is 24.7 Å². The molecule has 0 aliphatic carbocycles. The molecule has 0 bridgehead atoms. The van der Waals surface area contributed by atoms with Gasteiger partial charge in [-0.05, 0) is 55.7 Å². The minimum atomic E-state index is -0.0437. The summed E-state index contributed by atoms with van der Waals surface area (Å²) in [4.78, 5) is 14.1. The molecule has 2 aromatic carbocycles. The van der Waals surface area contributed by atoms with E-state index in [4.69, 9.17) is 9.47 Å². The van der Waals surface area contributed by atoms with E-state index in [1.165, 1.54) is 11.1 Å². The van der Waals surface area contributed by atoms with Gasteiger partial charge in [-0.2, -0.15) is 0 Å². The lowest BCUT2D eigenvalue weighted by Crippen LogP contribution is -2.24. The molecule has 0 heterocycles. The van der Waals surface area contributed by atoms with E-state index in [-0.39, 0.29) is 5.91 Å². The zero-order chi connectivity index (χ0) is 19.1. The van der Waals surface area contributed by atoms with Gasteiger partial charge in [-0.15, -0.1) is 0 Å². The summed E-state index contributed by atoms with van der Waals surface area (Å²) in [6.45, 7) is 7.23. The molecule has 1 amide bonds. The largest absolute Gasteiger partial charge is 0.493 e. The molecule has 0 N–H and O–H groups in total. The smallest absolute Gasteiger partial charge is 0.246 e. The lowest BCUT2D eigenvalue weighted by molar-refractivity contribution is -0.125. The van der Waals surface area contributed by atoms with Gasteiger partial charge >= 0.3 is 0 Å². The van der Waals surface area contributed by atoms with Gasteiger partial charge < -0.3 is 14.4 Å². The molecular formula is C22H27NO3. The van der Waals surface area contributed by atoms with Crippen molar-refractivity contribution in [3.8, 4) is 11.5 Å². The van der Waals surface area contributed by atoms with E-state index in [9.17, 15) is 4.79 Å². The Morgan fingerprint density at radius 3 is 2.54 bits per heavy atom. The Bertz CT molecular complexity index is 796. The summed E-state index contributed by atoms with van der Waals surface area (Å²) in [6.07, 6.45) is 3.37. The van der Waals surface area contributed by atoms with E-state index >= 15 is 0 Å². The maximum absolute atomic E-state index is 12.4. The predicted octanol–water partition coefficient (Wildman–Crippen LogP) is 4.38. The fourth-order valence-corrected chi connectivity index (χ4v) is 2.71. The highest BCUT2D eigenvalue weighted by Crippen LogP contribution is 2.28. The van der Waals surface area contributed by atoms with Crippen molar-refractivity contribution in [2.24, 2.45) is 0 Å². The van der Waals surface area contributed by atoms with Crippen molar-refractivity contribution in [2.75, 3.05) is 20.8 Å². The molecule has 0 aliphatic rings. The quantitative estimate of drug-likeness (QED) is 0.693. The summed E-state index contributed by atoms with van der Waals surface area (Å²) >= 11 is 0. The Morgan fingerprint density at radius 1 is 1.12 bits per heavy atom. The normalized spacial score (nSPS) is 10.8. The summed E-state index contributed by atoms with van der Waals surface area (Å²) in [5, 5.41) is 0. The number of amides is 1. The van der Waals surface area contributed by atoms with Gasteiger partial charge in [-0.3, -0.25) is 4.79 Å².